The Balaban J connectivity index is 1.13. The summed E-state index contributed by atoms with van der Waals surface area (Å²) in [5, 5.41) is 6.98. The lowest BCUT2D eigenvalue weighted by molar-refractivity contribution is 1.15. The summed E-state index contributed by atoms with van der Waals surface area (Å²) in [5.74, 6) is 0. The molecule has 0 unspecified atom stereocenters. The van der Waals surface area contributed by atoms with Gasteiger partial charge in [0.25, 0.3) is 0 Å². The first-order valence-corrected chi connectivity index (χ1v) is 18.3. The predicted molar refractivity (Wildman–Crippen MR) is 227 cm³/mol. The highest BCUT2D eigenvalue weighted by Crippen LogP contribution is 2.42. The Morgan fingerprint density at radius 1 is 0.327 bits per heavy atom. The van der Waals surface area contributed by atoms with E-state index < -0.39 is 0 Å². The lowest BCUT2D eigenvalue weighted by atomic mass is 10.0. The molecule has 0 aliphatic carbocycles. The molecule has 11 rings (SSSR count). The van der Waals surface area contributed by atoms with E-state index in [1.165, 1.54) is 10.8 Å². The fraction of sp³-hybridized carbons (Fsp3) is 0. The average molecular weight is 700 g/mol. The van der Waals surface area contributed by atoms with E-state index in [9.17, 15) is 0 Å². The maximum atomic E-state index is 8.50. The lowest BCUT2D eigenvalue weighted by Gasteiger charge is -2.17. The number of nitrogens with zero attached hydrogens (tertiary/aromatic N) is 5. The van der Waals surface area contributed by atoms with E-state index in [1.54, 1.807) is 0 Å². The van der Waals surface area contributed by atoms with Gasteiger partial charge in [-0.2, -0.15) is 0 Å². The van der Waals surface area contributed by atoms with Crippen molar-refractivity contribution in [2.75, 3.05) is 0 Å². The van der Waals surface area contributed by atoms with E-state index in [-0.39, 0.29) is 0 Å². The van der Waals surface area contributed by atoms with E-state index in [0.29, 0.717) is 11.4 Å². The van der Waals surface area contributed by atoms with Crippen LogP contribution in [0, 0.1) is 13.1 Å². The van der Waals surface area contributed by atoms with Gasteiger partial charge in [0.05, 0.1) is 46.4 Å². The number of hydrogen-bond donors (Lipinski definition) is 0. The predicted octanol–water partition coefficient (Wildman–Crippen LogP) is 13.7. The minimum atomic E-state index is 0.567. The zero-order chi connectivity index (χ0) is 36.6. The van der Waals surface area contributed by atoms with Crippen LogP contribution in [0.15, 0.2) is 176 Å². The van der Waals surface area contributed by atoms with Crippen LogP contribution in [0.4, 0.5) is 11.4 Å². The van der Waals surface area contributed by atoms with Crippen molar-refractivity contribution < 1.29 is 0 Å². The maximum Gasteiger partial charge on any atom is 0.197 e. The molecule has 0 saturated carbocycles. The normalized spacial score (nSPS) is 11.6. The zero-order valence-corrected chi connectivity index (χ0v) is 29.5. The molecule has 0 N–H and O–H groups in total. The summed E-state index contributed by atoms with van der Waals surface area (Å²) in [6, 6.07) is 61.2. The Morgan fingerprint density at radius 3 is 1.38 bits per heavy atom. The topological polar surface area (TPSA) is 23.5 Å². The Labute approximate surface area is 316 Å². The molecule has 0 spiro atoms. The summed E-state index contributed by atoms with van der Waals surface area (Å²) < 4.78 is 6.89. The standard InChI is InChI=1S/C50H29N5/c1-51-32-23-26-41-40-17-7-12-22-48(40)55(49(41)29-32)47-21-11-3-13-36(47)35-27-24-33(30-43(35)52-2)54-46-20-10-6-16-39(46)42-28-25-34(31-50(42)54)53-44-18-8-4-14-37(44)38-15-5-9-19-45(38)53/h3-31H. The molecule has 0 aliphatic rings. The van der Waals surface area contributed by atoms with Crippen molar-refractivity contribution >= 4 is 76.8 Å². The quantitative estimate of drug-likeness (QED) is 0.163. The van der Waals surface area contributed by atoms with Gasteiger partial charge in [-0.3, -0.25) is 0 Å². The van der Waals surface area contributed by atoms with Crippen LogP contribution < -0.4 is 0 Å². The summed E-state index contributed by atoms with van der Waals surface area (Å²) in [4.78, 5) is 7.91. The smallest absolute Gasteiger partial charge is 0.197 e. The summed E-state index contributed by atoms with van der Waals surface area (Å²) in [6.45, 7) is 16.2. The van der Waals surface area contributed by atoms with Gasteiger partial charge in [0.1, 0.15) is 0 Å². The van der Waals surface area contributed by atoms with Gasteiger partial charge < -0.3 is 13.7 Å². The van der Waals surface area contributed by atoms with E-state index in [1.807, 2.05) is 42.5 Å². The monoisotopic (exact) mass is 699 g/mol. The van der Waals surface area contributed by atoms with E-state index in [4.69, 9.17) is 13.1 Å². The third-order valence-corrected chi connectivity index (χ3v) is 11.1. The Kier molecular flexibility index (Phi) is 6.61. The summed E-state index contributed by atoms with van der Waals surface area (Å²) in [5.41, 5.74) is 12.4. The van der Waals surface area contributed by atoms with E-state index >= 15 is 0 Å². The van der Waals surface area contributed by atoms with Crippen molar-refractivity contribution in [3.63, 3.8) is 0 Å². The molecule has 3 aromatic heterocycles. The van der Waals surface area contributed by atoms with Gasteiger partial charge in [0.15, 0.2) is 11.4 Å². The maximum absolute atomic E-state index is 8.50. The molecule has 3 heterocycles. The second-order valence-corrected chi connectivity index (χ2v) is 13.9. The molecule has 0 atom stereocenters. The van der Waals surface area contributed by atoms with Crippen LogP contribution >= 0.6 is 0 Å². The van der Waals surface area contributed by atoms with Gasteiger partial charge in [-0.05, 0) is 71.8 Å². The van der Waals surface area contributed by atoms with Crippen LogP contribution in [0.3, 0.4) is 0 Å². The molecule has 5 nitrogen and oxygen atoms in total. The second-order valence-electron chi connectivity index (χ2n) is 13.9. The molecule has 0 amide bonds. The Morgan fingerprint density at radius 2 is 0.782 bits per heavy atom. The van der Waals surface area contributed by atoms with Crippen LogP contribution in [0.25, 0.3) is 103 Å². The first-order chi connectivity index (χ1) is 27.2. The van der Waals surface area contributed by atoms with Crippen LogP contribution in [-0.4, -0.2) is 13.7 Å². The number of fused-ring (bicyclic) bond motifs is 9. The molecule has 0 fully saturated rings. The van der Waals surface area contributed by atoms with Gasteiger partial charge in [0, 0.05) is 49.2 Å². The first kappa shape index (κ1) is 30.7. The largest absolute Gasteiger partial charge is 0.310 e. The number of hydrogen-bond acceptors (Lipinski definition) is 0. The van der Waals surface area contributed by atoms with Crippen molar-refractivity contribution in [2.24, 2.45) is 0 Å². The van der Waals surface area contributed by atoms with Gasteiger partial charge in [0.2, 0.25) is 0 Å². The van der Waals surface area contributed by atoms with Crippen molar-refractivity contribution in [3.8, 4) is 28.2 Å². The summed E-state index contributed by atoms with van der Waals surface area (Å²) in [7, 11) is 0. The Hall–Kier alpha value is -7.86. The zero-order valence-electron chi connectivity index (χ0n) is 29.5. The lowest BCUT2D eigenvalue weighted by Crippen LogP contribution is -1.99. The molecule has 5 heteroatoms. The van der Waals surface area contributed by atoms with Gasteiger partial charge >= 0.3 is 0 Å². The van der Waals surface area contributed by atoms with Crippen LogP contribution in [0.5, 0.6) is 0 Å². The van der Waals surface area contributed by atoms with Crippen LogP contribution in [0.2, 0.25) is 0 Å². The highest BCUT2D eigenvalue weighted by Gasteiger charge is 2.20. The van der Waals surface area contributed by atoms with Crippen molar-refractivity contribution in [1.29, 1.82) is 0 Å². The minimum absolute atomic E-state index is 0.567. The first-order valence-electron chi connectivity index (χ1n) is 18.3. The van der Waals surface area contributed by atoms with Crippen LogP contribution in [-0.2, 0) is 0 Å². The van der Waals surface area contributed by atoms with E-state index in [2.05, 4.69) is 157 Å². The molecule has 0 saturated heterocycles. The third-order valence-electron chi connectivity index (χ3n) is 11.1. The highest BCUT2D eigenvalue weighted by atomic mass is 15.0. The average Bonchev–Trinajstić information content (AvgIpc) is 3.88. The van der Waals surface area contributed by atoms with Crippen molar-refractivity contribution in [1.82, 2.24) is 13.7 Å². The summed E-state index contributed by atoms with van der Waals surface area (Å²) in [6.07, 6.45) is 0. The van der Waals surface area contributed by atoms with Gasteiger partial charge in [-0.1, -0.05) is 115 Å². The molecular weight excluding hydrogens is 671 g/mol. The van der Waals surface area contributed by atoms with Crippen LogP contribution in [0.1, 0.15) is 0 Å². The molecule has 55 heavy (non-hydrogen) atoms. The molecule has 0 bridgehead atoms. The number of aromatic nitrogens is 3. The number of benzene rings is 8. The minimum Gasteiger partial charge on any atom is -0.310 e. The molecule has 11 aromatic rings. The molecular formula is C50H29N5. The fourth-order valence-electron chi connectivity index (χ4n) is 8.74. The van der Waals surface area contributed by atoms with Crippen molar-refractivity contribution in [2.45, 2.75) is 0 Å². The summed E-state index contributed by atoms with van der Waals surface area (Å²) >= 11 is 0. The van der Waals surface area contributed by atoms with Gasteiger partial charge in [-0.15, -0.1) is 0 Å². The molecule has 254 valence electrons. The highest BCUT2D eigenvalue weighted by molar-refractivity contribution is 6.13. The van der Waals surface area contributed by atoms with E-state index in [0.717, 1.165) is 82.8 Å². The third kappa shape index (κ3) is 4.45. The molecule has 0 aliphatic heterocycles. The molecule has 8 aromatic carbocycles. The van der Waals surface area contributed by atoms with Gasteiger partial charge in [-0.25, -0.2) is 9.69 Å². The Bertz CT molecular complexity index is 3420. The molecule has 0 radical (unpaired) electrons. The number of rotatable bonds is 4. The SMILES string of the molecule is [C-]#[N+]c1ccc2c3ccccc3n(-c3ccccc3-c3ccc(-n4c5ccccc5c5ccc(-n6c7ccccc7c7ccccc76)cc54)cc3[N+]#[C-])c2c1. The fourth-order valence-corrected chi connectivity index (χ4v) is 8.74. The number of para-hydroxylation sites is 5. The van der Waals surface area contributed by atoms with Crippen molar-refractivity contribution in [3.05, 3.63) is 199 Å². The second kappa shape index (κ2) is 11.8.